The minimum Gasteiger partial charge on any atom is -0.381 e. The van der Waals surface area contributed by atoms with Gasteiger partial charge in [0, 0.05) is 56.9 Å². The predicted molar refractivity (Wildman–Crippen MR) is 119 cm³/mol. The largest absolute Gasteiger partial charge is 0.381 e. The molecule has 2 saturated heterocycles. The Hall–Kier alpha value is -1.14. The highest BCUT2D eigenvalue weighted by molar-refractivity contribution is 5.92. The minimum atomic E-state index is -0.364. The zero-order valence-corrected chi connectivity index (χ0v) is 18.8. The third-order valence-corrected chi connectivity index (χ3v) is 8.57. The Kier molecular flexibility index (Phi) is 6.19. The molecule has 30 heavy (non-hydrogen) atoms. The number of likely N-dealkylation sites (tertiary alicyclic amines) is 1. The van der Waals surface area contributed by atoms with E-state index in [1.165, 1.54) is 44.9 Å². The van der Waals surface area contributed by atoms with Crippen molar-refractivity contribution < 1.29 is 14.3 Å². The van der Waals surface area contributed by atoms with Gasteiger partial charge in [0.25, 0.3) is 0 Å². The standard InChI is InChI=1S/C24H34N2O3.ClH/c1-28-24(18-5-2-4-17(12-18)22(25)27)19-6-3-7-20(24)16-26(15-19)21-13-23(14-21)8-10-29-11-9-23;/h2,4-5,12,19-21H,3,6-11,13-16H2,1H3,(H2,25,27);1H/t19-,20+,24+;. The number of fused-ring (bicyclic) bond motifs is 2. The number of primary amides is 1. The molecule has 1 aromatic carbocycles. The van der Waals surface area contributed by atoms with Gasteiger partial charge in [-0.1, -0.05) is 18.6 Å². The molecule has 0 radical (unpaired) electrons. The van der Waals surface area contributed by atoms with Crippen LogP contribution >= 0.6 is 12.4 Å². The highest BCUT2D eigenvalue weighted by Crippen LogP contribution is 2.56. The van der Waals surface area contributed by atoms with E-state index >= 15 is 0 Å². The van der Waals surface area contributed by atoms with E-state index in [4.69, 9.17) is 15.2 Å². The SMILES string of the molecule is CO[C@@]1(c2cccc(C(N)=O)c2)[C@@H]2CCC[C@H]1CN(C1CC3(CCOCC3)C1)C2.Cl. The lowest BCUT2D eigenvalue weighted by molar-refractivity contribution is -0.188. The molecule has 3 atom stereocenters. The van der Waals surface area contributed by atoms with Crippen LogP contribution in [0.5, 0.6) is 0 Å². The topological polar surface area (TPSA) is 64.8 Å². The van der Waals surface area contributed by atoms with Gasteiger partial charge in [-0.2, -0.15) is 0 Å². The first kappa shape index (κ1) is 22.1. The number of hydrogen-bond donors (Lipinski definition) is 1. The van der Waals surface area contributed by atoms with Crippen molar-refractivity contribution in [2.45, 2.75) is 56.6 Å². The molecular weight excluding hydrogens is 400 g/mol. The third-order valence-electron chi connectivity index (χ3n) is 8.57. The number of piperidine rings is 1. The average Bonchev–Trinajstić information content (AvgIpc) is 2.71. The van der Waals surface area contributed by atoms with E-state index in [0.717, 1.165) is 37.9 Å². The van der Waals surface area contributed by atoms with Crippen LogP contribution in [0.15, 0.2) is 24.3 Å². The molecule has 2 aliphatic heterocycles. The number of benzene rings is 1. The Morgan fingerprint density at radius 2 is 1.83 bits per heavy atom. The van der Waals surface area contributed by atoms with Gasteiger partial charge in [-0.25, -0.2) is 0 Å². The second-order valence-electron chi connectivity index (χ2n) is 9.90. The molecule has 166 valence electrons. The van der Waals surface area contributed by atoms with Gasteiger partial charge in [0.2, 0.25) is 5.91 Å². The fraction of sp³-hybridized carbons (Fsp3) is 0.708. The summed E-state index contributed by atoms with van der Waals surface area (Å²) in [5, 5.41) is 0. The fourth-order valence-electron chi connectivity index (χ4n) is 7.01. The lowest BCUT2D eigenvalue weighted by Crippen LogP contribution is -2.64. The average molecular weight is 435 g/mol. The number of nitrogens with two attached hydrogens (primary N) is 1. The van der Waals surface area contributed by atoms with E-state index in [2.05, 4.69) is 11.0 Å². The molecule has 6 heteroatoms. The Morgan fingerprint density at radius 3 is 2.43 bits per heavy atom. The number of hydrogen-bond acceptors (Lipinski definition) is 4. The summed E-state index contributed by atoms with van der Waals surface area (Å²) in [6.45, 7) is 4.09. The second kappa shape index (κ2) is 8.42. The maximum Gasteiger partial charge on any atom is 0.248 e. The summed E-state index contributed by atoms with van der Waals surface area (Å²) < 4.78 is 12.0. The molecule has 4 aliphatic rings. The first-order chi connectivity index (χ1) is 14.1. The number of amides is 1. The molecule has 1 spiro atoms. The van der Waals surface area contributed by atoms with Crippen LogP contribution in [0, 0.1) is 17.3 Å². The van der Waals surface area contributed by atoms with Crippen molar-refractivity contribution in [3.8, 4) is 0 Å². The fourth-order valence-corrected chi connectivity index (χ4v) is 7.01. The Balaban J connectivity index is 0.00000218. The molecule has 2 N–H and O–H groups in total. The number of methoxy groups -OCH3 is 1. The number of rotatable bonds is 4. The maximum atomic E-state index is 11.8. The predicted octanol–water partition coefficient (Wildman–Crippen LogP) is 3.74. The second-order valence-corrected chi connectivity index (χ2v) is 9.90. The molecule has 1 aromatic rings. The number of carbonyl (C=O) groups is 1. The van der Waals surface area contributed by atoms with Crippen molar-refractivity contribution in [1.82, 2.24) is 4.90 Å². The van der Waals surface area contributed by atoms with Crippen molar-refractivity contribution in [2.75, 3.05) is 33.4 Å². The van der Waals surface area contributed by atoms with Gasteiger partial charge in [0.05, 0.1) is 0 Å². The lowest BCUT2D eigenvalue weighted by Gasteiger charge is -2.61. The summed E-state index contributed by atoms with van der Waals surface area (Å²) in [5.41, 5.74) is 7.56. The van der Waals surface area contributed by atoms with Gasteiger partial charge >= 0.3 is 0 Å². The number of ether oxygens (including phenoxy) is 2. The van der Waals surface area contributed by atoms with Crippen molar-refractivity contribution in [2.24, 2.45) is 23.0 Å². The van der Waals surface area contributed by atoms with Crippen molar-refractivity contribution in [3.05, 3.63) is 35.4 Å². The zero-order chi connectivity index (χ0) is 20.1. The van der Waals surface area contributed by atoms with Gasteiger partial charge in [0.1, 0.15) is 5.60 Å². The first-order valence-electron chi connectivity index (χ1n) is 11.3. The Labute approximate surface area is 186 Å². The van der Waals surface area contributed by atoms with Gasteiger partial charge in [-0.05, 0) is 61.6 Å². The van der Waals surface area contributed by atoms with E-state index in [1.807, 2.05) is 25.3 Å². The molecule has 0 aromatic heterocycles. The zero-order valence-electron chi connectivity index (χ0n) is 18.0. The number of nitrogens with zero attached hydrogens (tertiary/aromatic N) is 1. The van der Waals surface area contributed by atoms with Gasteiger partial charge in [0.15, 0.2) is 0 Å². The van der Waals surface area contributed by atoms with Gasteiger partial charge in [-0.3, -0.25) is 9.69 Å². The van der Waals surface area contributed by atoms with Crippen molar-refractivity contribution in [3.63, 3.8) is 0 Å². The van der Waals surface area contributed by atoms with Crippen LogP contribution in [0.25, 0.3) is 0 Å². The van der Waals surface area contributed by atoms with E-state index in [9.17, 15) is 4.79 Å². The van der Waals surface area contributed by atoms with Crippen molar-refractivity contribution >= 4 is 18.3 Å². The first-order valence-corrected chi connectivity index (χ1v) is 11.3. The van der Waals surface area contributed by atoms with Crippen LogP contribution in [-0.4, -0.2) is 50.3 Å². The Bertz CT molecular complexity index is 757. The van der Waals surface area contributed by atoms with E-state index in [1.54, 1.807) is 0 Å². The van der Waals surface area contributed by atoms with E-state index in [-0.39, 0.29) is 23.9 Å². The van der Waals surface area contributed by atoms with Crippen molar-refractivity contribution in [1.29, 1.82) is 0 Å². The summed E-state index contributed by atoms with van der Waals surface area (Å²) in [6, 6.07) is 8.61. The molecule has 0 unspecified atom stereocenters. The van der Waals surface area contributed by atoms with Gasteiger partial charge in [-0.15, -0.1) is 12.4 Å². The molecule has 2 heterocycles. The van der Waals surface area contributed by atoms with Crippen LogP contribution in [-0.2, 0) is 15.1 Å². The highest BCUT2D eigenvalue weighted by Gasteiger charge is 2.56. The summed E-state index contributed by atoms with van der Waals surface area (Å²) in [5.74, 6) is 0.570. The van der Waals surface area contributed by atoms with E-state index < -0.39 is 0 Å². The molecule has 5 nitrogen and oxygen atoms in total. The molecule has 5 rings (SSSR count). The van der Waals surface area contributed by atoms with Crippen LogP contribution < -0.4 is 5.73 Å². The molecule has 1 amide bonds. The van der Waals surface area contributed by atoms with E-state index in [0.29, 0.717) is 22.8 Å². The van der Waals surface area contributed by atoms with Gasteiger partial charge < -0.3 is 15.2 Å². The summed E-state index contributed by atoms with van der Waals surface area (Å²) in [7, 11) is 1.86. The molecule has 2 bridgehead atoms. The summed E-state index contributed by atoms with van der Waals surface area (Å²) in [6.07, 6.45) is 8.81. The smallest absolute Gasteiger partial charge is 0.248 e. The van der Waals surface area contributed by atoms with Crippen LogP contribution in [0.2, 0.25) is 0 Å². The van der Waals surface area contributed by atoms with Crippen LogP contribution in [0.4, 0.5) is 0 Å². The highest BCUT2D eigenvalue weighted by atomic mass is 35.5. The minimum absolute atomic E-state index is 0. The molecule has 4 fully saturated rings. The Morgan fingerprint density at radius 1 is 1.17 bits per heavy atom. The number of halogens is 1. The normalized spacial score (nSPS) is 33.5. The van der Waals surface area contributed by atoms with Crippen LogP contribution in [0.1, 0.15) is 60.9 Å². The van der Waals surface area contributed by atoms with Crippen LogP contribution in [0.3, 0.4) is 0 Å². The monoisotopic (exact) mass is 434 g/mol. The molecule has 2 saturated carbocycles. The summed E-state index contributed by atoms with van der Waals surface area (Å²) >= 11 is 0. The third kappa shape index (κ3) is 3.48. The quantitative estimate of drug-likeness (QED) is 0.783. The maximum absolute atomic E-state index is 11.8. The molecular formula is C24H35ClN2O3. The number of carbonyl (C=O) groups excluding carboxylic acids is 1. The summed E-state index contributed by atoms with van der Waals surface area (Å²) in [4.78, 5) is 14.5. The lowest BCUT2D eigenvalue weighted by atomic mass is 9.58. The molecule has 2 aliphatic carbocycles.